The number of carbonyl (C=O) groups is 1. The van der Waals surface area contributed by atoms with Gasteiger partial charge in [0.15, 0.2) is 6.29 Å². The van der Waals surface area contributed by atoms with Gasteiger partial charge in [0.2, 0.25) is 5.91 Å². The number of allylic oxidation sites excluding steroid dienone is 7. The van der Waals surface area contributed by atoms with Crippen molar-refractivity contribution in [2.24, 2.45) is 0 Å². The first-order valence-electron chi connectivity index (χ1n) is 31.4. The van der Waals surface area contributed by atoms with E-state index in [0.717, 1.165) is 51.4 Å². The maximum Gasteiger partial charge on any atom is 0.220 e. The highest BCUT2D eigenvalue weighted by molar-refractivity contribution is 5.76. The summed E-state index contributed by atoms with van der Waals surface area (Å²) in [7, 11) is 0. The summed E-state index contributed by atoms with van der Waals surface area (Å²) in [6.45, 7) is 3.79. The second-order valence-electron chi connectivity index (χ2n) is 21.9. The van der Waals surface area contributed by atoms with Crippen LogP contribution in [0.2, 0.25) is 0 Å². The number of aliphatic hydroxyl groups excluding tert-OH is 5. The lowest BCUT2D eigenvalue weighted by Crippen LogP contribution is -2.60. The zero-order valence-electron chi connectivity index (χ0n) is 47.6. The van der Waals surface area contributed by atoms with Gasteiger partial charge in [0.25, 0.3) is 0 Å². The lowest BCUT2D eigenvalue weighted by atomic mass is 9.99. The van der Waals surface area contributed by atoms with Crippen LogP contribution in [0.3, 0.4) is 0 Å². The van der Waals surface area contributed by atoms with Crippen molar-refractivity contribution >= 4 is 5.91 Å². The largest absolute Gasteiger partial charge is 0.394 e. The summed E-state index contributed by atoms with van der Waals surface area (Å²) in [6.07, 6.45) is 64.8. The minimum absolute atomic E-state index is 0.173. The molecular formula is C64H119NO8. The Kier molecular flexibility index (Phi) is 50.7. The fourth-order valence-electron chi connectivity index (χ4n) is 9.93. The van der Waals surface area contributed by atoms with Crippen molar-refractivity contribution in [1.29, 1.82) is 0 Å². The molecule has 1 heterocycles. The van der Waals surface area contributed by atoms with Crippen molar-refractivity contribution in [1.82, 2.24) is 5.32 Å². The van der Waals surface area contributed by atoms with Crippen molar-refractivity contribution in [2.75, 3.05) is 13.2 Å². The number of rotatable bonds is 54. The predicted molar refractivity (Wildman–Crippen MR) is 309 cm³/mol. The number of aliphatic hydroxyl groups is 5. The Labute approximate surface area is 450 Å². The maximum absolute atomic E-state index is 13.1. The molecule has 7 unspecified atom stereocenters. The molecule has 9 heteroatoms. The lowest BCUT2D eigenvalue weighted by molar-refractivity contribution is -0.302. The van der Waals surface area contributed by atoms with Crippen LogP contribution in [0.15, 0.2) is 48.6 Å². The van der Waals surface area contributed by atoms with Crippen molar-refractivity contribution < 1.29 is 39.8 Å². The molecule has 1 fully saturated rings. The van der Waals surface area contributed by atoms with Gasteiger partial charge in [-0.05, 0) is 57.8 Å². The van der Waals surface area contributed by atoms with Crippen LogP contribution in [0.5, 0.6) is 0 Å². The van der Waals surface area contributed by atoms with E-state index >= 15 is 0 Å². The number of hydrogen-bond donors (Lipinski definition) is 6. The second-order valence-corrected chi connectivity index (χ2v) is 21.9. The summed E-state index contributed by atoms with van der Waals surface area (Å²) < 4.78 is 11.3. The van der Waals surface area contributed by atoms with Gasteiger partial charge in [0.1, 0.15) is 24.4 Å². The predicted octanol–water partition coefficient (Wildman–Crippen LogP) is 16.1. The van der Waals surface area contributed by atoms with E-state index in [2.05, 4.69) is 55.6 Å². The third-order valence-corrected chi connectivity index (χ3v) is 14.9. The molecular weight excluding hydrogens is 911 g/mol. The van der Waals surface area contributed by atoms with E-state index in [9.17, 15) is 30.3 Å². The molecule has 0 aliphatic carbocycles. The van der Waals surface area contributed by atoms with Crippen LogP contribution in [0.4, 0.5) is 0 Å². The number of unbranched alkanes of at least 4 members (excludes halogenated alkanes) is 38. The van der Waals surface area contributed by atoms with E-state index in [1.165, 1.54) is 225 Å². The Hall–Kier alpha value is -1.85. The number of amides is 1. The summed E-state index contributed by atoms with van der Waals surface area (Å²) in [4.78, 5) is 13.1. The number of carbonyl (C=O) groups excluding carboxylic acids is 1. The van der Waals surface area contributed by atoms with E-state index in [-0.39, 0.29) is 12.5 Å². The van der Waals surface area contributed by atoms with Crippen molar-refractivity contribution in [2.45, 2.75) is 339 Å². The number of hydrogen-bond acceptors (Lipinski definition) is 8. The summed E-state index contributed by atoms with van der Waals surface area (Å²) in [5.74, 6) is -0.173. The molecule has 6 N–H and O–H groups in total. The van der Waals surface area contributed by atoms with Crippen LogP contribution in [-0.4, -0.2) is 87.5 Å². The van der Waals surface area contributed by atoms with E-state index in [4.69, 9.17) is 9.47 Å². The van der Waals surface area contributed by atoms with E-state index < -0.39 is 49.5 Å². The first-order chi connectivity index (χ1) is 35.8. The third kappa shape index (κ3) is 42.9. The van der Waals surface area contributed by atoms with Crippen LogP contribution in [0.25, 0.3) is 0 Å². The normalized spacial score (nSPS) is 19.4. The van der Waals surface area contributed by atoms with Crippen molar-refractivity contribution in [3.05, 3.63) is 48.6 Å². The van der Waals surface area contributed by atoms with Gasteiger partial charge >= 0.3 is 0 Å². The average Bonchev–Trinajstić information content (AvgIpc) is 3.39. The van der Waals surface area contributed by atoms with Gasteiger partial charge in [-0.25, -0.2) is 0 Å². The molecule has 1 saturated heterocycles. The molecule has 0 bridgehead atoms. The smallest absolute Gasteiger partial charge is 0.220 e. The quantitative estimate of drug-likeness (QED) is 0.0261. The Morgan fingerprint density at radius 1 is 0.466 bits per heavy atom. The molecule has 0 spiro atoms. The van der Waals surface area contributed by atoms with E-state index in [0.29, 0.717) is 6.42 Å². The molecule has 0 aromatic carbocycles. The monoisotopic (exact) mass is 1030 g/mol. The Morgan fingerprint density at radius 3 is 1.19 bits per heavy atom. The Balaban J connectivity index is 2.10. The van der Waals surface area contributed by atoms with Gasteiger partial charge in [-0.15, -0.1) is 0 Å². The molecule has 0 aromatic rings. The van der Waals surface area contributed by atoms with Gasteiger partial charge in [0.05, 0.1) is 25.4 Å². The zero-order valence-corrected chi connectivity index (χ0v) is 47.6. The molecule has 9 nitrogen and oxygen atoms in total. The molecule has 1 amide bonds. The van der Waals surface area contributed by atoms with Gasteiger partial charge in [-0.1, -0.05) is 281 Å². The average molecular weight is 1030 g/mol. The fourth-order valence-corrected chi connectivity index (χ4v) is 9.93. The minimum Gasteiger partial charge on any atom is -0.394 e. The second kappa shape index (κ2) is 53.5. The van der Waals surface area contributed by atoms with E-state index in [1.54, 1.807) is 6.08 Å². The zero-order chi connectivity index (χ0) is 52.9. The molecule has 1 aliphatic heterocycles. The summed E-state index contributed by atoms with van der Waals surface area (Å²) in [6, 6.07) is -0.804. The van der Waals surface area contributed by atoms with Crippen LogP contribution in [0, 0.1) is 0 Å². The van der Waals surface area contributed by atoms with Crippen LogP contribution >= 0.6 is 0 Å². The first-order valence-corrected chi connectivity index (χ1v) is 31.4. The highest BCUT2D eigenvalue weighted by Crippen LogP contribution is 2.23. The van der Waals surface area contributed by atoms with Gasteiger partial charge in [0, 0.05) is 6.42 Å². The number of nitrogens with one attached hydrogen (secondary N) is 1. The summed E-state index contributed by atoms with van der Waals surface area (Å²) in [5.41, 5.74) is 0. The molecule has 0 aromatic heterocycles. The topological polar surface area (TPSA) is 149 Å². The Bertz CT molecular complexity index is 1290. The first kappa shape index (κ1) is 69.2. The highest BCUT2D eigenvalue weighted by Gasteiger charge is 2.44. The summed E-state index contributed by atoms with van der Waals surface area (Å²) in [5, 5.41) is 54.5. The highest BCUT2D eigenvalue weighted by atomic mass is 16.7. The van der Waals surface area contributed by atoms with Crippen LogP contribution in [-0.2, 0) is 14.3 Å². The molecule has 1 rings (SSSR count). The van der Waals surface area contributed by atoms with E-state index in [1.807, 2.05) is 6.08 Å². The standard InChI is InChI=1S/C64H119NO8/c1-3-5-7-9-11-13-15-17-19-20-21-22-23-24-25-26-27-28-29-30-31-32-33-34-35-36-37-38-40-42-44-46-48-50-52-54-60(68)65-57(56-72-64-63(71)62(70)61(69)59(55-66)73-64)58(67)53-51-49-47-45-43-41-39-18-16-14-12-10-8-6-4-2/h15,17,20-21,23-24,51,53,57-59,61-64,66-67,69-71H,3-14,16,18-19,22,25-50,52,54-56H2,1-2H3,(H,65,68)/b17-15-,21-20-,24-23-,53-51+. The SMILES string of the molecule is CCCCCCC/C=C\C/C=C\C/C=C\CCCCCCCCCCCCCCCCCCCCCCC(=O)NC(COC1OC(CO)C(O)C(O)C1O)C(O)/C=C/CCCCCCCCCCCCCCC. The van der Waals surface area contributed by atoms with Crippen LogP contribution < -0.4 is 5.32 Å². The molecule has 7 atom stereocenters. The van der Waals surface area contributed by atoms with Crippen LogP contribution in [0.1, 0.15) is 296 Å². The fraction of sp³-hybridized carbons (Fsp3) is 0.859. The maximum atomic E-state index is 13.1. The van der Waals surface area contributed by atoms with Gasteiger partial charge in [-0.2, -0.15) is 0 Å². The molecule has 0 radical (unpaired) electrons. The van der Waals surface area contributed by atoms with Crippen molar-refractivity contribution in [3.8, 4) is 0 Å². The Morgan fingerprint density at radius 2 is 0.808 bits per heavy atom. The van der Waals surface area contributed by atoms with Gasteiger partial charge in [-0.3, -0.25) is 4.79 Å². The molecule has 73 heavy (non-hydrogen) atoms. The van der Waals surface area contributed by atoms with Crippen molar-refractivity contribution in [3.63, 3.8) is 0 Å². The lowest BCUT2D eigenvalue weighted by Gasteiger charge is -2.40. The third-order valence-electron chi connectivity index (χ3n) is 14.9. The minimum atomic E-state index is -1.57. The number of ether oxygens (including phenoxy) is 2. The summed E-state index contributed by atoms with van der Waals surface area (Å²) >= 11 is 0. The molecule has 1 aliphatic rings. The molecule has 428 valence electrons. The molecule has 0 saturated carbocycles. The van der Waals surface area contributed by atoms with Gasteiger partial charge < -0.3 is 40.3 Å².